The van der Waals surface area contributed by atoms with Gasteiger partial charge in [-0.3, -0.25) is 5.32 Å². The molecule has 10 nitrogen and oxygen atoms in total. The summed E-state index contributed by atoms with van der Waals surface area (Å²) in [5.41, 5.74) is 9.43. The predicted molar refractivity (Wildman–Crippen MR) is 111 cm³/mol. The van der Waals surface area contributed by atoms with Crippen LogP contribution in [0.15, 0.2) is 23.5 Å². The summed E-state index contributed by atoms with van der Waals surface area (Å²) in [4.78, 5) is 29.9. The van der Waals surface area contributed by atoms with Crippen molar-refractivity contribution in [3.8, 4) is 11.3 Å². The lowest BCUT2D eigenvalue weighted by atomic mass is 10.0. The van der Waals surface area contributed by atoms with E-state index in [9.17, 15) is 9.70 Å². The maximum atomic E-state index is 11.8. The molecule has 0 atom stereocenters. The molecule has 0 spiro atoms. The molecule has 0 bridgehead atoms. The Morgan fingerprint density at radius 2 is 1.96 bits per heavy atom. The van der Waals surface area contributed by atoms with Crippen molar-refractivity contribution in [1.29, 1.82) is 0 Å². The number of aryl methyl sites for hydroxylation is 1. The molecule has 28 heavy (non-hydrogen) atoms. The standard InChI is InChI=1S/C16H20N6O4S2/c1-10-4-3-5-12(11(10)2)13-14(17)18-15(21-20-13)19-16(23)25-6-8-27-28-9-7-26-22-24/h3-5H,6-9H2,1-2H3,(H3,17,18,19,21,23). The highest BCUT2D eigenvalue weighted by Gasteiger charge is 2.13. The Balaban J connectivity index is 1.81. The molecular weight excluding hydrogens is 404 g/mol. The number of nitrogens with one attached hydrogen (secondary N) is 1. The Morgan fingerprint density at radius 1 is 1.21 bits per heavy atom. The van der Waals surface area contributed by atoms with Crippen molar-refractivity contribution in [2.75, 3.05) is 35.8 Å². The van der Waals surface area contributed by atoms with E-state index in [1.54, 1.807) is 0 Å². The highest BCUT2D eigenvalue weighted by atomic mass is 33.1. The molecule has 3 N–H and O–H groups in total. The SMILES string of the molecule is Cc1cccc(-c2nnc(NC(=O)OCCSSCCON=O)nc2N)c1C. The average Bonchev–Trinajstić information content (AvgIpc) is 2.67. The number of hydrogen-bond donors (Lipinski definition) is 2. The smallest absolute Gasteiger partial charge is 0.414 e. The van der Waals surface area contributed by atoms with Crippen molar-refractivity contribution in [3.63, 3.8) is 0 Å². The van der Waals surface area contributed by atoms with Gasteiger partial charge < -0.3 is 15.3 Å². The van der Waals surface area contributed by atoms with Gasteiger partial charge in [0.15, 0.2) is 11.2 Å². The van der Waals surface area contributed by atoms with Crippen molar-refractivity contribution < 1.29 is 14.4 Å². The van der Waals surface area contributed by atoms with E-state index in [0.717, 1.165) is 16.7 Å². The third kappa shape index (κ3) is 6.53. The zero-order valence-electron chi connectivity index (χ0n) is 15.4. The summed E-state index contributed by atoms with van der Waals surface area (Å²) in [7, 11) is 2.96. The van der Waals surface area contributed by atoms with Gasteiger partial charge in [-0.15, -0.1) is 15.1 Å². The molecular formula is C16H20N6O4S2. The molecule has 0 aliphatic carbocycles. The molecule has 1 aromatic carbocycles. The monoisotopic (exact) mass is 424 g/mol. The molecule has 0 unspecified atom stereocenters. The summed E-state index contributed by atoms with van der Waals surface area (Å²) in [5, 5.41) is 12.7. The summed E-state index contributed by atoms with van der Waals surface area (Å²) in [5.74, 6) is 1.31. The van der Waals surface area contributed by atoms with Gasteiger partial charge in [-0.1, -0.05) is 39.8 Å². The van der Waals surface area contributed by atoms with Crippen LogP contribution in [0.2, 0.25) is 0 Å². The van der Waals surface area contributed by atoms with Gasteiger partial charge in [0.2, 0.25) is 0 Å². The van der Waals surface area contributed by atoms with Crippen LogP contribution in [0.3, 0.4) is 0 Å². The fraction of sp³-hybridized carbons (Fsp3) is 0.375. The highest BCUT2D eigenvalue weighted by molar-refractivity contribution is 8.76. The minimum atomic E-state index is -0.695. The lowest BCUT2D eigenvalue weighted by molar-refractivity contribution is 0.156. The van der Waals surface area contributed by atoms with E-state index >= 15 is 0 Å². The quantitative estimate of drug-likeness (QED) is 0.252. The third-order valence-electron chi connectivity index (χ3n) is 3.58. The Kier molecular flexibility index (Phi) is 8.75. The third-order valence-corrected chi connectivity index (χ3v) is 5.91. The number of aromatic nitrogens is 3. The van der Waals surface area contributed by atoms with Gasteiger partial charge in [0.05, 0.1) is 0 Å². The molecule has 0 aliphatic heterocycles. The molecule has 0 saturated carbocycles. The fourth-order valence-electron chi connectivity index (χ4n) is 2.11. The summed E-state index contributed by atoms with van der Waals surface area (Å²) in [6, 6.07) is 5.79. The average molecular weight is 425 g/mol. The lowest BCUT2D eigenvalue weighted by Crippen LogP contribution is -2.18. The van der Waals surface area contributed by atoms with Crippen molar-refractivity contribution in [2.45, 2.75) is 13.8 Å². The van der Waals surface area contributed by atoms with E-state index in [4.69, 9.17) is 10.5 Å². The minimum absolute atomic E-state index is 0.0305. The van der Waals surface area contributed by atoms with Crippen molar-refractivity contribution in [2.24, 2.45) is 5.34 Å². The summed E-state index contributed by atoms with van der Waals surface area (Å²) < 4.78 is 5.03. The van der Waals surface area contributed by atoms with Crippen LogP contribution >= 0.6 is 21.6 Å². The number of amides is 1. The number of nitrogen functional groups attached to an aromatic ring is 1. The maximum Gasteiger partial charge on any atom is 0.414 e. The van der Waals surface area contributed by atoms with E-state index in [2.05, 4.69) is 30.7 Å². The first-order valence-electron chi connectivity index (χ1n) is 8.22. The highest BCUT2D eigenvalue weighted by Crippen LogP contribution is 2.27. The molecule has 0 radical (unpaired) electrons. The number of ether oxygens (including phenoxy) is 1. The second-order valence-electron chi connectivity index (χ2n) is 5.43. The molecule has 0 aliphatic rings. The van der Waals surface area contributed by atoms with Crippen LogP contribution in [-0.4, -0.2) is 46.0 Å². The van der Waals surface area contributed by atoms with Crippen LogP contribution in [0.1, 0.15) is 11.1 Å². The molecule has 0 fully saturated rings. The van der Waals surface area contributed by atoms with Gasteiger partial charge in [-0.2, -0.15) is 4.98 Å². The Morgan fingerprint density at radius 3 is 2.68 bits per heavy atom. The molecule has 1 heterocycles. The lowest BCUT2D eigenvalue weighted by Gasteiger charge is -2.10. The molecule has 0 saturated heterocycles. The second kappa shape index (κ2) is 11.3. The predicted octanol–water partition coefficient (Wildman–Crippen LogP) is 3.37. The zero-order valence-corrected chi connectivity index (χ0v) is 17.0. The van der Waals surface area contributed by atoms with Gasteiger partial charge in [-0.05, 0) is 25.0 Å². The van der Waals surface area contributed by atoms with Crippen molar-refractivity contribution >= 4 is 39.4 Å². The van der Waals surface area contributed by atoms with E-state index in [-0.39, 0.29) is 25.0 Å². The van der Waals surface area contributed by atoms with Crippen molar-refractivity contribution in [3.05, 3.63) is 34.2 Å². The Hall–Kier alpha value is -2.60. The maximum absolute atomic E-state index is 11.8. The van der Waals surface area contributed by atoms with Crippen LogP contribution in [0.5, 0.6) is 0 Å². The van der Waals surface area contributed by atoms with Gasteiger partial charge in [0, 0.05) is 17.1 Å². The van der Waals surface area contributed by atoms with E-state index in [0.29, 0.717) is 17.2 Å². The number of benzene rings is 1. The largest absolute Gasteiger partial charge is 0.448 e. The molecule has 2 rings (SSSR count). The van der Waals surface area contributed by atoms with Crippen LogP contribution in [0.4, 0.5) is 16.6 Å². The number of nitrogens with zero attached hydrogens (tertiary/aromatic N) is 4. The van der Waals surface area contributed by atoms with E-state index in [1.807, 2.05) is 32.0 Å². The first-order chi connectivity index (χ1) is 13.5. The second-order valence-corrected chi connectivity index (χ2v) is 8.13. The molecule has 150 valence electrons. The van der Waals surface area contributed by atoms with Crippen LogP contribution in [0, 0.1) is 18.8 Å². The number of rotatable bonds is 10. The number of carbonyl (C=O) groups excluding carboxylic acids is 1. The van der Waals surface area contributed by atoms with E-state index < -0.39 is 6.09 Å². The summed E-state index contributed by atoms with van der Waals surface area (Å²) in [6.45, 7) is 4.40. The Bertz CT molecular complexity index is 824. The van der Waals surface area contributed by atoms with Crippen molar-refractivity contribution in [1.82, 2.24) is 15.2 Å². The first kappa shape index (κ1) is 21.7. The molecule has 12 heteroatoms. The van der Waals surface area contributed by atoms with Crippen LogP contribution < -0.4 is 11.1 Å². The first-order valence-corrected chi connectivity index (χ1v) is 10.7. The normalized spacial score (nSPS) is 10.4. The number of nitrogens with two attached hydrogens (primary N) is 1. The number of carbonyl (C=O) groups is 1. The van der Waals surface area contributed by atoms with Gasteiger partial charge in [-0.25, -0.2) is 4.79 Å². The van der Waals surface area contributed by atoms with Gasteiger partial charge in [0.1, 0.15) is 18.9 Å². The summed E-state index contributed by atoms with van der Waals surface area (Å²) >= 11 is 0. The van der Waals surface area contributed by atoms with Gasteiger partial charge in [0.25, 0.3) is 5.95 Å². The van der Waals surface area contributed by atoms with Crippen LogP contribution in [-0.2, 0) is 9.57 Å². The molecule has 2 aromatic rings. The number of anilines is 2. The van der Waals surface area contributed by atoms with E-state index in [1.165, 1.54) is 21.6 Å². The zero-order chi connectivity index (χ0) is 20.4. The van der Waals surface area contributed by atoms with Gasteiger partial charge >= 0.3 is 6.09 Å². The number of hydrogen-bond acceptors (Lipinski definition) is 11. The molecule has 1 amide bonds. The summed E-state index contributed by atoms with van der Waals surface area (Å²) in [6.07, 6.45) is -0.695. The van der Waals surface area contributed by atoms with Crippen LogP contribution in [0.25, 0.3) is 11.3 Å². The molecule has 1 aromatic heterocycles. The minimum Gasteiger partial charge on any atom is -0.448 e. The fourth-order valence-corrected chi connectivity index (χ4v) is 3.76. The topological polar surface area (TPSA) is 142 Å². The Labute approximate surface area is 169 Å².